The lowest BCUT2D eigenvalue weighted by Gasteiger charge is -2.07. The fourth-order valence-corrected chi connectivity index (χ4v) is 1.95. The number of carbonyl (C=O) groups excluding carboxylic acids is 1. The zero-order valence-electron chi connectivity index (χ0n) is 10.4. The number of amides is 1. The molecule has 2 N–H and O–H groups in total. The van der Waals surface area contributed by atoms with Gasteiger partial charge in [0.05, 0.1) is 11.8 Å². The number of nitrogens with one attached hydrogen (secondary N) is 1. The lowest BCUT2D eigenvalue weighted by atomic mass is 10.1. The number of halogens is 2. The number of hydrogen-bond donors (Lipinski definition) is 2. The zero-order chi connectivity index (χ0) is 14.5. The first-order valence-corrected chi connectivity index (χ1v) is 6.30. The van der Waals surface area contributed by atoms with Crippen LogP contribution in [0.1, 0.15) is 15.9 Å². The van der Waals surface area contributed by atoms with Crippen molar-refractivity contribution in [1.82, 2.24) is 10.3 Å². The highest BCUT2D eigenvalue weighted by Gasteiger charge is 2.07. The van der Waals surface area contributed by atoms with Crippen molar-refractivity contribution in [2.75, 3.05) is 6.54 Å². The molecule has 1 heterocycles. The molecule has 0 saturated carbocycles. The number of rotatable bonds is 4. The maximum Gasteiger partial charge on any atom is 0.252 e. The van der Waals surface area contributed by atoms with Gasteiger partial charge in [-0.15, -0.1) is 0 Å². The van der Waals surface area contributed by atoms with E-state index < -0.39 is 5.82 Å². The number of aromatic hydroxyl groups is 1. The molecule has 20 heavy (non-hydrogen) atoms. The molecule has 0 atom stereocenters. The topological polar surface area (TPSA) is 62.2 Å². The third-order valence-corrected chi connectivity index (χ3v) is 3.03. The van der Waals surface area contributed by atoms with E-state index >= 15 is 0 Å². The second-order valence-corrected chi connectivity index (χ2v) is 4.58. The van der Waals surface area contributed by atoms with E-state index in [2.05, 4.69) is 10.3 Å². The van der Waals surface area contributed by atoms with Crippen molar-refractivity contribution in [2.45, 2.75) is 6.42 Å². The molecule has 2 aromatic rings. The van der Waals surface area contributed by atoms with Gasteiger partial charge in [0, 0.05) is 17.8 Å². The predicted octanol–water partition coefficient (Wildman–Crippen LogP) is 2.55. The molecule has 1 aromatic heterocycles. The molecule has 104 valence electrons. The van der Waals surface area contributed by atoms with Crippen LogP contribution in [0.4, 0.5) is 4.39 Å². The molecule has 4 nitrogen and oxygen atoms in total. The van der Waals surface area contributed by atoms with Gasteiger partial charge < -0.3 is 10.4 Å². The van der Waals surface area contributed by atoms with Gasteiger partial charge in [-0.2, -0.15) is 0 Å². The molecule has 0 spiro atoms. The van der Waals surface area contributed by atoms with Gasteiger partial charge in [-0.05, 0) is 30.2 Å². The summed E-state index contributed by atoms with van der Waals surface area (Å²) >= 11 is 5.89. The highest BCUT2D eigenvalue weighted by molar-refractivity contribution is 6.31. The first kappa shape index (κ1) is 14.3. The van der Waals surface area contributed by atoms with Crippen molar-refractivity contribution < 1.29 is 14.3 Å². The smallest absolute Gasteiger partial charge is 0.252 e. The van der Waals surface area contributed by atoms with Crippen LogP contribution in [-0.2, 0) is 6.42 Å². The van der Waals surface area contributed by atoms with Crippen LogP contribution in [-0.4, -0.2) is 22.5 Å². The van der Waals surface area contributed by atoms with E-state index in [1.54, 1.807) is 6.07 Å². The van der Waals surface area contributed by atoms with E-state index in [1.165, 1.54) is 30.6 Å². The van der Waals surface area contributed by atoms with Crippen molar-refractivity contribution in [3.8, 4) is 5.75 Å². The molecular weight excluding hydrogens is 283 g/mol. The summed E-state index contributed by atoms with van der Waals surface area (Å²) < 4.78 is 12.9. The maximum absolute atomic E-state index is 12.9. The van der Waals surface area contributed by atoms with Crippen LogP contribution in [0, 0.1) is 5.82 Å². The molecule has 0 bridgehead atoms. The Hall–Kier alpha value is -2.14. The number of pyridine rings is 1. The number of benzene rings is 1. The van der Waals surface area contributed by atoms with Gasteiger partial charge >= 0.3 is 0 Å². The van der Waals surface area contributed by atoms with Crippen LogP contribution in [0.3, 0.4) is 0 Å². The first-order valence-electron chi connectivity index (χ1n) is 5.92. The quantitative estimate of drug-likeness (QED) is 0.911. The first-order chi connectivity index (χ1) is 9.56. The summed E-state index contributed by atoms with van der Waals surface area (Å²) in [6.07, 6.45) is 3.09. The Balaban J connectivity index is 1.91. The summed E-state index contributed by atoms with van der Waals surface area (Å²) in [7, 11) is 0. The normalized spacial score (nSPS) is 10.3. The van der Waals surface area contributed by atoms with E-state index in [1.807, 2.05) is 0 Å². The van der Waals surface area contributed by atoms with Gasteiger partial charge in [-0.1, -0.05) is 17.7 Å². The maximum atomic E-state index is 12.9. The Kier molecular flexibility index (Phi) is 4.53. The van der Waals surface area contributed by atoms with Gasteiger partial charge in [-0.3, -0.25) is 9.78 Å². The van der Waals surface area contributed by atoms with Gasteiger partial charge in [0.1, 0.15) is 11.6 Å². The SMILES string of the molecule is O=C(NCCc1ccc(F)cc1Cl)c1cncc(O)c1. The molecule has 0 radical (unpaired) electrons. The third kappa shape index (κ3) is 3.68. The van der Waals surface area contributed by atoms with Crippen LogP contribution >= 0.6 is 11.6 Å². The molecule has 0 aliphatic rings. The van der Waals surface area contributed by atoms with E-state index in [4.69, 9.17) is 11.6 Å². The summed E-state index contributed by atoms with van der Waals surface area (Å²) in [5.74, 6) is -0.806. The predicted molar refractivity (Wildman–Crippen MR) is 73.3 cm³/mol. The molecule has 1 aromatic carbocycles. The monoisotopic (exact) mass is 294 g/mol. The largest absolute Gasteiger partial charge is 0.506 e. The number of nitrogens with zero attached hydrogens (tertiary/aromatic N) is 1. The molecule has 0 fully saturated rings. The standard InChI is InChI=1S/C14H12ClFN2O2/c15-13-6-11(16)2-1-9(13)3-4-18-14(20)10-5-12(19)8-17-7-10/h1-2,5-8,19H,3-4H2,(H,18,20). The fraction of sp³-hybridized carbons (Fsp3) is 0.143. The van der Waals surface area contributed by atoms with Gasteiger partial charge in [0.25, 0.3) is 5.91 Å². The Morgan fingerprint density at radius 1 is 1.35 bits per heavy atom. The average molecular weight is 295 g/mol. The summed E-state index contributed by atoms with van der Waals surface area (Å²) in [6.45, 7) is 0.347. The van der Waals surface area contributed by atoms with Gasteiger partial charge in [-0.25, -0.2) is 4.39 Å². The van der Waals surface area contributed by atoms with E-state index in [-0.39, 0.29) is 17.2 Å². The number of aromatic nitrogens is 1. The van der Waals surface area contributed by atoms with Crippen LogP contribution in [0.25, 0.3) is 0 Å². The summed E-state index contributed by atoms with van der Waals surface area (Å²) in [5.41, 5.74) is 1.03. The zero-order valence-corrected chi connectivity index (χ0v) is 11.2. The minimum atomic E-state index is -0.395. The minimum Gasteiger partial charge on any atom is -0.506 e. The molecule has 0 unspecified atom stereocenters. The highest BCUT2D eigenvalue weighted by atomic mass is 35.5. The van der Waals surface area contributed by atoms with Crippen LogP contribution in [0.15, 0.2) is 36.7 Å². The molecule has 0 aliphatic carbocycles. The fourth-order valence-electron chi connectivity index (χ4n) is 1.69. The summed E-state index contributed by atoms with van der Waals surface area (Å²) in [4.78, 5) is 15.5. The van der Waals surface area contributed by atoms with Crippen molar-refractivity contribution >= 4 is 17.5 Å². The lowest BCUT2D eigenvalue weighted by Crippen LogP contribution is -2.25. The van der Waals surface area contributed by atoms with Crippen molar-refractivity contribution in [2.24, 2.45) is 0 Å². The van der Waals surface area contributed by atoms with Crippen LogP contribution in [0.2, 0.25) is 5.02 Å². The Morgan fingerprint density at radius 3 is 2.85 bits per heavy atom. The van der Waals surface area contributed by atoms with Crippen molar-refractivity contribution in [1.29, 1.82) is 0 Å². The number of hydrogen-bond acceptors (Lipinski definition) is 3. The van der Waals surface area contributed by atoms with E-state index in [0.29, 0.717) is 18.0 Å². The summed E-state index contributed by atoms with van der Waals surface area (Å²) in [6, 6.07) is 5.47. The van der Waals surface area contributed by atoms with Crippen LogP contribution in [0.5, 0.6) is 5.75 Å². The summed E-state index contributed by atoms with van der Waals surface area (Å²) in [5, 5.41) is 12.2. The van der Waals surface area contributed by atoms with Gasteiger partial charge in [0.15, 0.2) is 0 Å². The molecule has 6 heteroatoms. The molecule has 1 amide bonds. The molecule has 0 saturated heterocycles. The lowest BCUT2D eigenvalue weighted by molar-refractivity contribution is 0.0953. The van der Waals surface area contributed by atoms with E-state index in [9.17, 15) is 14.3 Å². The minimum absolute atomic E-state index is 0.0702. The Morgan fingerprint density at radius 2 is 2.15 bits per heavy atom. The molecule has 0 aliphatic heterocycles. The number of carbonyl (C=O) groups is 1. The average Bonchev–Trinajstić information content (AvgIpc) is 2.41. The molecular formula is C14H12ClFN2O2. The highest BCUT2D eigenvalue weighted by Crippen LogP contribution is 2.17. The van der Waals surface area contributed by atoms with Crippen molar-refractivity contribution in [3.05, 3.63) is 58.6 Å². The van der Waals surface area contributed by atoms with Gasteiger partial charge in [0.2, 0.25) is 0 Å². The van der Waals surface area contributed by atoms with Crippen molar-refractivity contribution in [3.63, 3.8) is 0 Å². The third-order valence-electron chi connectivity index (χ3n) is 2.68. The second kappa shape index (κ2) is 6.34. The Labute approximate surface area is 120 Å². The Bertz CT molecular complexity index is 634. The van der Waals surface area contributed by atoms with E-state index in [0.717, 1.165) is 5.56 Å². The van der Waals surface area contributed by atoms with Crippen LogP contribution < -0.4 is 5.32 Å². The molecule has 2 rings (SSSR count). The second-order valence-electron chi connectivity index (χ2n) is 4.17.